The number of amides is 1. The van der Waals surface area contributed by atoms with E-state index in [1.54, 1.807) is 6.20 Å². The lowest BCUT2D eigenvalue weighted by Gasteiger charge is -2.15. The summed E-state index contributed by atoms with van der Waals surface area (Å²) in [5.41, 5.74) is 3.38. The van der Waals surface area contributed by atoms with Crippen LogP contribution in [0.3, 0.4) is 0 Å². The largest absolute Gasteiger partial charge is 0.329 e. The molecule has 0 atom stereocenters. The topological polar surface area (TPSA) is 86.8 Å². The predicted molar refractivity (Wildman–Crippen MR) is 111 cm³/mol. The third-order valence-electron chi connectivity index (χ3n) is 4.72. The number of nitrogens with one attached hydrogen (secondary N) is 2. The van der Waals surface area contributed by atoms with Crippen LogP contribution in [0, 0.1) is 0 Å². The summed E-state index contributed by atoms with van der Waals surface area (Å²) >= 11 is 7.72. The number of anilines is 3. The number of H-pyrrole nitrogens is 1. The number of benzene rings is 2. The highest BCUT2D eigenvalue weighted by Crippen LogP contribution is 2.33. The van der Waals surface area contributed by atoms with Crippen LogP contribution in [-0.4, -0.2) is 32.0 Å². The second-order valence-corrected chi connectivity index (χ2v) is 7.64. The van der Waals surface area contributed by atoms with Crippen LogP contribution in [0.2, 0.25) is 5.02 Å². The van der Waals surface area contributed by atoms with E-state index in [2.05, 4.69) is 24.9 Å². The van der Waals surface area contributed by atoms with E-state index in [-0.39, 0.29) is 5.91 Å². The smallest absolute Gasteiger partial charge is 0.227 e. The van der Waals surface area contributed by atoms with Gasteiger partial charge in [-0.3, -0.25) is 9.89 Å². The predicted octanol–water partition coefficient (Wildman–Crippen LogP) is 4.61. The van der Waals surface area contributed by atoms with Gasteiger partial charge in [-0.2, -0.15) is 14.5 Å². The van der Waals surface area contributed by atoms with Crippen molar-refractivity contribution in [3.05, 3.63) is 47.6 Å². The minimum absolute atomic E-state index is 0.162. The lowest BCUT2D eigenvalue weighted by molar-refractivity contribution is -0.117. The molecule has 5 rings (SSSR count). The minimum atomic E-state index is 0.162. The maximum atomic E-state index is 12.0. The molecule has 1 saturated heterocycles. The van der Waals surface area contributed by atoms with E-state index < -0.39 is 0 Å². The maximum Gasteiger partial charge on any atom is 0.227 e. The van der Waals surface area contributed by atoms with Crippen molar-refractivity contribution >= 4 is 56.4 Å². The van der Waals surface area contributed by atoms with E-state index in [4.69, 9.17) is 11.6 Å². The summed E-state index contributed by atoms with van der Waals surface area (Å²) in [6.07, 6.45) is 3.20. The molecule has 0 unspecified atom stereocenters. The zero-order chi connectivity index (χ0) is 19.1. The zero-order valence-corrected chi connectivity index (χ0v) is 16.2. The fourth-order valence-corrected chi connectivity index (χ4v) is 4.18. The maximum absolute atomic E-state index is 12.0. The molecule has 0 saturated carbocycles. The highest BCUT2D eigenvalue weighted by Gasteiger charge is 2.22. The first-order chi connectivity index (χ1) is 13.7. The summed E-state index contributed by atoms with van der Waals surface area (Å²) in [5.74, 6) is 0.775. The average Bonchev–Trinajstić information content (AvgIpc) is 3.45. The lowest BCUT2D eigenvalue weighted by atomic mass is 10.2. The number of carbonyl (C=O) groups is 1. The van der Waals surface area contributed by atoms with Gasteiger partial charge >= 0.3 is 0 Å². The molecule has 4 aromatic rings. The van der Waals surface area contributed by atoms with Gasteiger partial charge in [0, 0.05) is 41.1 Å². The molecule has 9 heteroatoms. The fraction of sp³-hybridized carbons (Fsp3) is 0.158. The van der Waals surface area contributed by atoms with Crippen molar-refractivity contribution in [2.24, 2.45) is 0 Å². The molecule has 2 N–H and O–H groups in total. The summed E-state index contributed by atoms with van der Waals surface area (Å²) < 4.78 is 4.45. The molecule has 140 valence electrons. The lowest BCUT2D eigenvalue weighted by Crippen LogP contribution is -2.23. The van der Waals surface area contributed by atoms with Crippen molar-refractivity contribution < 1.29 is 4.79 Å². The molecule has 3 heterocycles. The third-order valence-corrected chi connectivity index (χ3v) is 5.75. The third kappa shape index (κ3) is 3.00. The number of nitrogens with zero attached hydrogens (tertiary/aromatic N) is 4. The number of hydrogen-bond acceptors (Lipinski definition) is 6. The van der Waals surface area contributed by atoms with Crippen molar-refractivity contribution in [2.75, 3.05) is 16.8 Å². The highest BCUT2D eigenvalue weighted by molar-refractivity contribution is 7.10. The van der Waals surface area contributed by atoms with Crippen molar-refractivity contribution in [1.82, 2.24) is 19.6 Å². The number of aromatic nitrogens is 4. The Morgan fingerprint density at radius 2 is 2.18 bits per heavy atom. The first-order valence-corrected chi connectivity index (χ1v) is 9.97. The molecule has 1 aliphatic rings. The Hall–Kier alpha value is -2.97. The molecule has 0 radical (unpaired) electrons. The summed E-state index contributed by atoms with van der Waals surface area (Å²) in [6, 6.07) is 11.6. The van der Waals surface area contributed by atoms with E-state index in [0.717, 1.165) is 40.8 Å². The molecule has 2 aromatic carbocycles. The molecule has 28 heavy (non-hydrogen) atoms. The SMILES string of the molecule is O=C1CCCN1c1cccc(-c2nsc(Nc3ccc4[nH]ncc4c3Cl)n2)c1. The molecule has 0 bridgehead atoms. The molecular formula is C19H15ClN6OS. The number of halogens is 1. The molecule has 7 nitrogen and oxygen atoms in total. The molecule has 0 spiro atoms. The second kappa shape index (κ2) is 6.88. The summed E-state index contributed by atoms with van der Waals surface area (Å²) in [7, 11) is 0. The molecular weight excluding hydrogens is 396 g/mol. The Morgan fingerprint density at radius 3 is 3.04 bits per heavy atom. The summed E-state index contributed by atoms with van der Waals surface area (Å²) in [5, 5.41) is 12.2. The Labute approximate surface area is 169 Å². The highest BCUT2D eigenvalue weighted by atomic mass is 35.5. The standard InChI is InChI=1S/C19H15ClN6OS/c20-17-13-10-21-24-14(13)6-7-15(17)22-19-23-18(25-28-19)11-3-1-4-12(9-11)26-8-2-5-16(26)27/h1,3-4,6-7,9-10H,2,5,8H2,(H,21,24)(H,22,23,25). The van der Waals surface area contributed by atoms with Crippen LogP contribution in [-0.2, 0) is 4.79 Å². The summed E-state index contributed by atoms with van der Waals surface area (Å²) in [6.45, 7) is 0.759. The Morgan fingerprint density at radius 1 is 1.25 bits per heavy atom. The second-order valence-electron chi connectivity index (χ2n) is 6.51. The number of rotatable bonds is 4. The van der Waals surface area contributed by atoms with E-state index >= 15 is 0 Å². The van der Waals surface area contributed by atoms with Crippen LogP contribution < -0.4 is 10.2 Å². The molecule has 0 aliphatic carbocycles. The van der Waals surface area contributed by atoms with Gasteiger partial charge in [-0.05, 0) is 30.7 Å². The van der Waals surface area contributed by atoms with Crippen molar-refractivity contribution in [2.45, 2.75) is 12.8 Å². The average molecular weight is 411 g/mol. The first kappa shape index (κ1) is 17.2. The van der Waals surface area contributed by atoms with Gasteiger partial charge in [0.05, 0.1) is 22.4 Å². The van der Waals surface area contributed by atoms with Gasteiger partial charge in [0.2, 0.25) is 11.0 Å². The number of fused-ring (bicyclic) bond motifs is 1. The van der Waals surface area contributed by atoms with Gasteiger partial charge < -0.3 is 10.2 Å². The van der Waals surface area contributed by atoms with Crippen LogP contribution in [0.1, 0.15) is 12.8 Å². The number of carbonyl (C=O) groups excluding carboxylic acids is 1. The molecule has 2 aromatic heterocycles. The van der Waals surface area contributed by atoms with Gasteiger partial charge in [0.25, 0.3) is 0 Å². The van der Waals surface area contributed by atoms with Gasteiger partial charge in [-0.25, -0.2) is 0 Å². The summed E-state index contributed by atoms with van der Waals surface area (Å²) in [4.78, 5) is 18.4. The van der Waals surface area contributed by atoms with Crippen LogP contribution in [0.5, 0.6) is 0 Å². The van der Waals surface area contributed by atoms with Crippen LogP contribution in [0.25, 0.3) is 22.3 Å². The normalized spacial score (nSPS) is 14.2. The van der Waals surface area contributed by atoms with E-state index in [1.807, 2.05) is 41.3 Å². The Balaban J connectivity index is 1.41. The van der Waals surface area contributed by atoms with Crippen LogP contribution in [0.4, 0.5) is 16.5 Å². The monoisotopic (exact) mass is 410 g/mol. The van der Waals surface area contributed by atoms with Crippen LogP contribution >= 0.6 is 23.1 Å². The Bertz CT molecular complexity index is 1190. The first-order valence-electron chi connectivity index (χ1n) is 8.82. The van der Waals surface area contributed by atoms with Gasteiger partial charge in [-0.15, -0.1) is 0 Å². The van der Waals surface area contributed by atoms with Crippen molar-refractivity contribution in [3.8, 4) is 11.4 Å². The van der Waals surface area contributed by atoms with Gasteiger partial charge in [-0.1, -0.05) is 23.7 Å². The number of aromatic amines is 1. The number of hydrogen-bond donors (Lipinski definition) is 2. The van der Waals surface area contributed by atoms with Crippen molar-refractivity contribution in [1.29, 1.82) is 0 Å². The van der Waals surface area contributed by atoms with E-state index in [0.29, 0.717) is 22.4 Å². The van der Waals surface area contributed by atoms with E-state index in [1.165, 1.54) is 11.5 Å². The zero-order valence-electron chi connectivity index (χ0n) is 14.6. The van der Waals surface area contributed by atoms with Gasteiger partial charge in [0.15, 0.2) is 5.82 Å². The minimum Gasteiger partial charge on any atom is -0.329 e. The fourth-order valence-electron chi connectivity index (χ4n) is 3.32. The Kier molecular flexibility index (Phi) is 4.22. The molecule has 1 fully saturated rings. The van der Waals surface area contributed by atoms with Gasteiger partial charge in [0.1, 0.15) is 0 Å². The van der Waals surface area contributed by atoms with E-state index in [9.17, 15) is 4.79 Å². The quantitative estimate of drug-likeness (QED) is 0.513. The molecule has 1 amide bonds. The van der Waals surface area contributed by atoms with Crippen molar-refractivity contribution in [3.63, 3.8) is 0 Å². The van der Waals surface area contributed by atoms with Crippen LogP contribution in [0.15, 0.2) is 42.6 Å². The molecule has 1 aliphatic heterocycles.